The molecule has 0 aromatic rings. The number of carbonyl (C=O) groups excluding carboxylic acids is 1. The first-order valence-electron chi connectivity index (χ1n) is 7.57. The number of ether oxygens (including phenoxy) is 1. The van der Waals surface area contributed by atoms with Crippen molar-refractivity contribution < 1.29 is 19.4 Å². The summed E-state index contributed by atoms with van der Waals surface area (Å²) in [7, 11) is 1.67. The van der Waals surface area contributed by atoms with Gasteiger partial charge < -0.3 is 14.7 Å². The van der Waals surface area contributed by atoms with Gasteiger partial charge in [-0.1, -0.05) is 13.3 Å². The van der Waals surface area contributed by atoms with Crippen molar-refractivity contribution in [2.45, 2.75) is 32.6 Å². The largest absolute Gasteiger partial charge is 0.481 e. The Morgan fingerprint density at radius 1 is 1.25 bits per heavy atom. The highest BCUT2D eigenvalue weighted by molar-refractivity contribution is 5.85. The summed E-state index contributed by atoms with van der Waals surface area (Å²) in [6.07, 6.45) is 3.30. The number of carboxylic acids is 1. The summed E-state index contributed by atoms with van der Waals surface area (Å²) in [4.78, 5) is 25.8. The molecule has 1 aliphatic carbocycles. The Hall–Kier alpha value is -1.10. The van der Waals surface area contributed by atoms with E-state index in [9.17, 15) is 14.7 Å². The predicted octanol–water partition coefficient (Wildman–Crippen LogP) is 1.62. The summed E-state index contributed by atoms with van der Waals surface area (Å²) in [5.74, 6) is -0.801. The van der Waals surface area contributed by atoms with Gasteiger partial charge in [0.05, 0.1) is 18.4 Å². The summed E-state index contributed by atoms with van der Waals surface area (Å²) in [6.45, 7) is 4.20. The smallest absolute Gasteiger partial charge is 0.307 e. The summed E-state index contributed by atoms with van der Waals surface area (Å²) < 4.78 is 5.14. The molecule has 20 heavy (non-hydrogen) atoms. The van der Waals surface area contributed by atoms with E-state index in [0.717, 1.165) is 25.8 Å². The second kappa shape index (κ2) is 6.57. The topological polar surface area (TPSA) is 66.8 Å². The molecule has 2 rings (SSSR count). The molecule has 1 aliphatic heterocycles. The number of aliphatic carboxylic acids is 1. The van der Waals surface area contributed by atoms with Gasteiger partial charge in [-0.3, -0.25) is 9.59 Å². The zero-order chi connectivity index (χ0) is 14.7. The molecule has 1 heterocycles. The number of carbonyl (C=O) groups is 2. The lowest BCUT2D eigenvalue weighted by atomic mass is 9.95. The van der Waals surface area contributed by atoms with Gasteiger partial charge in [0.1, 0.15) is 0 Å². The van der Waals surface area contributed by atoms with Crippen molar-refractivity contribution in [3.8, 4) is 0 Å². The van der Waals surface area contributed by atoms with Crippen molar-refractivity contribution in [3.05, 3.63) is 0 Å². The number of methoxy groups -OCH3 is 1. The quantitative estimate of drug-likeness (QED) is 0.832. The summed E-state index contributed by atoms with van der Waals surface area (Å²) >= 11 is 0. The van der Waals surface area contributed by atoms with Crippen LogP contribution in [0.3, 0.4) is 0 Å². The van der Waals surface area contributed by atoms with Crippen LogP contribution in [0.5, 0.6) is 0 Å². The molecule has 0 aromatic carbocycles. The van der Waals surface area contributed by atoms with E-state index >= 15 is 0 Å². The van der Waals surface area contributed by atoms with E-state index in [2.05, 4.69) is 6.92 Å². The van der Waals surface area contributed by atoms with Crippen LogP contribution in [0.4, 0.5) is 0 Å². The molecule has 2 fully saturated rings. The maximum Gasteiger partial charge on any atom is 0.307 e. The number of hydrogen-bond acceptors (Lipinski definition) is 3. The number of carboxylic acid groups (broad SMARTS) is 1. The normalized spacial score (nSPS) is 33.6. The molecule has 4 unspecified atom stereocenters. The molecule has 5 nitrogen and oxygen atoms in total. The molecule has 1 saturated heterocycles. The van der Waals surface area contributed by atoms with E-state index < -0.39 is 11.9 Å². The summed E-state index contributed by atoms with van der Waals surface area (Å²) in [6, 6.07) is 0. The molecule has 1 saturated carbocycles. The molecular formula is C15H25NO4. The number of nitrogens with zero attached hydrogens (tertiary/aromatic N) is 1. The van der Waals surface area contributed by atoms with Gasteiger partial charge in [-0.2, -0.15) is 0 Å². The molecular weight excluding hydrogens is 258 g/mol. The van der Waals surface area contributed by atoms with Gasteiger partial charge in [-0.15, -0.1) is 0 Å². The standard InChI is InChI=1S/C15H25NO4/c1-3-10-6-12(13(7-10)15(18)19)14(17)16-5-4-11(8-16)9-20-2/h10-13H,3-9H2,1-2H3,(H,18,19). The minimum absolute atomic E-state index is 0.0481. The van der Waals surface area contributed by atoms with E-state index in [4.69, 9.17) is 4.74 Å². The van der Waals surface area contributed by atoms with Gasteiger partial charge in [0.2, 0.25) is 5.91 Å². The van der Waals surface area contributed by atoms with Crippen molar-refractivity contribution >= 4 is 11.9 Å². The highest BCUT2D eigenvalue weighted by atomic mass is 16.5. The third-order valence-electron chi connectivity index (χ3n) is 4.87. The monoisotopic (exact) mass is 283 g/mol. The van der Waals surface area contributed by atoms with Gasteiger partial charge in [0.15, 0.2) is 0 Å². The lowest BCUT2D eigenvalue weighted by molar-refractivity contribution is -0.148. The van der Waals surface area contributed by atoms with Crippen molar-refractivity contribution in [1.29, 1.82) is 0 Å². The van der Waals surface area contributed by atoms with Crippen LogP contribution in [0.2, 0.25) is 0 Å². The van der Waals surface area contributed by atoms with Gasteiger partial charge in [-0.05, 0) is 25.2 Å². The van der Waals surface area contributed by atoms with Crippen molar-refractivity contribution in [2.75, 3.05) is 26.8 Å². The fraction of sp³-hybridized carbons (Fsp3) is 0.867. The average molecular weight is 283 g/mol. The van der Waals surface area contributed by atoms with E-state index in [1.165, 1.54) is 0 Å². The van der Waals surface area contributed by atoms with E-state index in [1.807, 2.05) is 4.90 Å². The molecule has 0 radical (unpaired) electrons. The molecule has 114 valence electrons. The first-order valence-corrected chi connectivity index (χ1v) is 7.57. The van der Waals surface area contributed by atoms with Gasteiger partial charge in [0.25, 0.3) is 0 Å². The van der Waals surface area contributed by atoms with Gasteiger partial charge in [-0.25, -0.2) is 0 Å². The van der Waals surface area contributed by atoms with Crippen LogP contribution in [0.25, 0.3) is 0 Å². The van der Waals surface area contributed by atoms with Crippen LogP contribution in [-0.2, 0) is 14.3 Å². The maximum absolute atomic E-state index is 12.6. The first-order chi connectivity index (χ1) is 9.56. The van der Waals surface area contributed by atoms with E-state index in [0.29, 0.717) is 31.4 Å². The Morgan fingerprint density at radius 2 is 1.95 bits per heavy atom. The highest BCUT2D eigenvalue weighted by Gasteiger charge is 2.44. The molecule has 1 amide bonds. The number of likely N-dealkylation sites (tertiary alicyclic amines) is 1. The molecule has 1 N–H and O–H groups in total. The highest BCUT2D eigenvalue weighted by Crippen LogP contribution is 2.40. The van der Waals surface area contributed by atoms with Crippen LogP contribution in [0.1, 0.15) is 32.6 Å². The fourth-order valence-corrected chi connectivity index (χ4v) is 3.66. The molecule has 5 heteroatoms. The first kappa shape index (κ1) is 15.3. The van der Waals surface area contributed by atoms with Crippen molar-refractivity contribution in [1.82, 2.24) is 4.90 Å². The van der Waals surface area contributed by atoms with Crippen molar-refractivity contribution in [3.63, 3.8) is 0 Å². The third-order valence-corrected chi connectivity index (χ3v) is 4.87. The van der Waals surface area contributed by atoms with Crippen molar-refractivity contribution in [2.24, 2.45) is 23.7 Å². The minimum atomic E-state index is -0.813. The number of amides is 1. The predicted molar refractivity (Wildman–Crippen MR) is 74.2 cm³/mol. The average Bonchev–Trinajstić information content (AvgIpc) is 3.04. The molecule has 0 bridgehead atoms. The zero-order valence-corrected chi connectivity index (χ0v) is 12.4. The Bertz CT molecular complexity index is 371. The van der Waals surface area contributed by atoms with E-state index in [1.54, 1.807) is 7.11 Å². The Labute approximate surface area is 120 Å². The maximum atomic E-state index is 12.6. The number of hydrogen-bond donors (Lipinski definition) is 1. The fourth-order valence-electron chi connectivity index (χ4n) is 3.66. The Kier molecular flexibility index (Phi) is 5.02. The van der Waals surface area contributed by atoms with Gasteiger partial charge in [0, 0.05) is 26.1 Å². The Balaban J connectivity index is 1.99. The second-order valence-corrected chi connectivity index (χ2v) is 6.19. The number of rotatable bonds is 5. The lowest BCUT2D eigenvalue weighted by Crippen LogP contribution is -2.38. The molecule has 2 aliphatic rings. The van der Waals surface area contributed by atoms with Crippen LogP contribution < -0.4 is 0 Å². The summed E-state index contributed by atoms with van der Waals surface area (Å²) in [5, 5.41) is 9.33. The van der Waals surface area contributed by atoms with Crippen LogP contribution >= 0.6 is 0 Å². The molecule has 0 spiro atoms. The summed E-state index contributed by atoms with van der Waals surface area (Å²) in [5.41, 5.74) is 0. The minimum Gasteiger partial charge on any atom is -0.481 e. The van der Waals surface area contributed by atoms with E-state index in [-0.39, 0.29) is 11.8 Å². The van der Waals surface area contributed by atoms with Gasteiger partial charge >= 0.3 is 5.97 Å². The molecule has 4 atom stereocenters. The zero-order valence-electron chi connectivity index (χ0n) is 12.4. The van der Waals surface area contributed by atoms with Crippen LogP contribution in [0, 0.1) is 23.7 Å². The lowest BCUT2D eigenvalue weighted by Gasteiger charge is -2.23. The third kappa shape index (κ3) is 3.14. The SMILES string of the molecule is CCC1CC(C(=O)O)C(C(=O)N2CCC(COC)C2)C1. The van der Waals surface area contributed by atoms with Crippen LogP contribution in [-0.4, -0.2) is 48.7 Å². The second-order valence-electron chi connectivity index (χ2n) is 6.19. The van der Waals surface area contributed by atoms with Crippen LogP contribution in [0.15, 0.2) is 0 Å². The Morgan fingerprint density at radius 3 is 2.55 bits per heavy atom. The molecule has 0 aromatic heterocycles.